The number of hydrogen-bond donors (Lipinski definition) is 1. The fraction of sp³-hybridized carbons (Fsp3) is 0.800. The summed E-state index contributed by atoms with van der Waals surface area (Å²) in [6, 6.07) is 0. The summed E-state index contributed by atoms with van der Waals surface area (Å²) in [5.41, 5.74) is 1.55. The van der Waals surface area contributed by atoms with Crippen molar-refractivity contribution in [2.75, 3.05) is 25.0 Å². The Balaban J connectivity index is 2.74. The molecule has 1 rings (SSSR count). The summed E-state index contributed by atoms with van der Waals surface area (Å²) in [4.78, 5) is 8.48. The summed E-state index contributed by atoms with van der Waals surface area (Å²) in [5, 5.41) is 4.63. The predicted octanol–water partition coefficient (Wildman–Crippen LogP) is 3.69. The molecule has 1 aromatic heterocycles. The van der Waals surface area contributed by atoms with Crippen molar-refractivity contribution in [3.05, 3.63) is 10.6 Å². The van der Waals surface area contributed by atoms with Gasteiger partial charge in [-0.15, -0.1) is 11.3 Å². The third kappa shape index (κ3) is 5.49. The first-order chi connectivity index (χ1) is 8.87. The fourth-order valence-corrected chi connectivity index (χ4v) is 3.18. The summed E-state index contributed by atoms with van der Waals surface area (Å²) in [5.74, 6) is 0. The monoisotopic (exact) mass is 283 g/mol. The molecule has 0 radical (unpaired) electrons. The Hall–Kier alpha value is -0.610. The van der Waals surface area contributed by atoms with Gasteiger partial charge in [-0.3, -0.25) is 0 Å². The van der Waals surface area contributed by atoms with Crippen molar-refractivity contribution in [1.29, 1.82) is 0 Å². The number of thiazole rings is 1. The van der Waals surface area contributed by atoms with E-state index in [4.69, 9.17) is 4.98 Å². The SMILES string of the molecule is CCCNCc1sc(N(C)CC(C)(C)C)nc1CC. The van der Waals surface area contributed by atoms with Gasteiger partial charge in [0.05, 0.1) is 5.69 Å². The zero-order valence-corrected chi connectivity index (χ0v) is 14.2. The van der Waals surface area contributed by atoms with Crippen molar-refractivity contribution in [1.82, 2.24) is 10.3 Å². The first kappa shape index (κ1) is 16.4. The number of hydrogen-bond acceptors (Lipinski definition) is 4. The second-order valence-electron chi connectivity index (χ2n) is 6.31. The number of rotatable bonds is 7. The Labute approximate surface area is 122 Å². The summed E-state index contributed by atoms with van der Waals surface area (Å²) in [6.45, 7) is 14.2. The molecule has 1 N–H and O–H groups in total. The largest absolute Gasteiger partial charge is 0.351 e. The predicted molar refractivity (Wildman–Crippen MR) is 86.2 cm³/mol. The first-order valence-corrected chi connectivity index (χ1v) is 8.09. The molecule has 0 aliphatic rings. The van der Waals surface area contributed by atoms with E-state index in [2.05, 4.69) is 51.9 Å². The molecule has 0 amide bonds. The quantitative estimate of drug-likeness (QED) is 0.774. The van der Waals surface area contributed by atoms with Crippen molar-refractivity contribution in [3.8, 4) is 0 Å². The van der Waals surface area contributed by atoms with E-state index >= 15 is 0 Å². The van der Waals surface area contributed by atoms with Crippen LogP contribution in [0.25, 0.3) is 0 Å². The first-order valence-electron chi connectivity index (χ1n) is 7.27. The van der Waals surface area contributed by atoms with Crippen molar-refractivity contribution >= 4 is 16.5 Å². The van der Waals surface area contributed by atoms with Crippen LogP contribution in [0.3, 0.4) is 0 Å². The van der Waals surface area contributed by atoms with Gasteiger partial charge in [-0.2, -0.15) is 0 Å². The van der Waals surface area contributed by atoms with Gasteiger partial charge in [0.25, 0.3) is 0 Å². The van der Waals surface area contributed by atoms with Gasteiger partial charge in [-0.25, -0.2) is 4.98 Å². The minimum atomic E-state index is 0.299. The molecule has 1 aromatic rings. The van der Waals surface area contributed by atoms with Crippen LogP contribution in [0.1, 0.15) is 51.6 Å². The molecule has 1 heterocycles. The molecule has 3 nitrogen and oxygen atoms in total. The smallest absolute Gasteiger partial charge is 0.185 e. The average Bonchev–Trinajstić information content (AvgIpc) is 2.70. The Morgan fingerprint density at radius 2 is 1.95 bits per heavy atom. The summed E-state index contributed by atoms with van der Waals surface area (Å²) in [7, 11) is 2.15. The lowest BCUT2D eigenvalue weighted by molar-refractivity contribution is 0.418. The van der Waals surface area contributed by atoms with Crippen molar-refractivity contribution in [3.63, 3.8) is 0 Å². The van der Waals surface area contributed by atoms with Crippen LogP contribution in [-0.2, 0) is 13.0 Å². The summed E-state index contributed by atoms with van der Waals surface area (Å²) < 4.78 is 0. The summed E-state index contributed by atoms with van der Waals surface area (Å²) >= 11 is 1.84. The van der Waals surface area contributed by atoms with Gasteiger partial charge in [0.15, 0.2) is 5.13 Å². The maximum absolute atomic E-state index is 4.80. The number of aromatic nitrogens is 1. The van der Waals surface area contributed by atoms with E-state index in [1.54, 1.807) is 0 Å². The molecule has 19 heavy (non-hydrogen) atoms. The van der Waals surface area contributed by atoms with Crippen LogP contribution in [-0.4, -0.2) is 25.1 Å². The Bertz CT molecular complexity index is 379. The van der Waals surface area contributed by atoms with Crippen LogP contribution in [0.2, 0.25) is 0 Å². The molecule has 0 saturated heterocycles. The molecular weight excluding hydrogens is 254 g/mol. The minimum Gasteiger partial charge on any atom is -0.351 e. The number of nitrogens with zero attached hydrogens (tertiary/aromatic N) is 2. The zero-order chi connectivity index (χ0) is 14.5. The standard InChI is InChI=1S/C15H29N3S/c1-7-9-16-10-13-12(8-2)17-14(19-13)18(6)11-15(3,4)5/h16H,7-11H2,1-6H3. The van der Waals surface area contributed by atoms with Gasteiger partial charge >= 0.3 is 0 Å². The minimum absolute atomic E-state index is 0.299. The Morgan fingerprint density at radius 1 is 1.26 bits per heavy atom. The number of anilines is 1. The van der Waals surface area contributed by atoms with Gasteiger partial charge in [-0.05, 0) is 24.8 Å². The van der Waals surface area contributed by atoms with E-state index in [0.29, 0.717) is 5.41 Å². The highest BCUT2D eigenvalue weighted by molar-refractivity contribution is 7.15. The molecule has 0 atom stereocenters. The maximum Gasteiger partial charge on any atom is 0.185 e. The molecule has 0 spiro atoms. The molecule has 0 saturated carbocycles. The van der Waals surface area contributed by atoms with Crippen LogP contribution < -0.4 is 10.2 Å². The van der Waals surface area contributed by atoms with E-state index in [1.165, 1.54) is 17.0 Å². The molecular formula is C15H29N3S. The van der Waals surface area contributed by atoms with E-state index in [1.807, 2.05) is 11.3 Å². The van der Waals surface area contributed by atoms with E-state index < -0.39 is 0 Å². The average molecular weight is 283 g/mol. The fourth-order valence-electron chi connectivity index (χ4n) is 2.11. The van der Waals surface area contributed by atoms with Gasteiger partial charge in [0.2, 0.25) is 0 Å². The molecule has 0 aromatic carbocycles. The molecule has 0 fully saturated rings. The Morgan fingerprint density at radius 3 is 2.47 bits per heavy atom. The molecule has 0 aliphatic carbocycles. The summed E-state index contributed by atoms with van der Waals surface area (Å²) in [6.07, 6.45) is 2.19. The highest BCUT2D eigenvalue weighted by Gasteiger charge is 2.18. The third-order valence-electron chi connectivity index (χ3n) is 2.85. The lowest BCUT2D eigenvalue weighted by Crippen LogP contribution is -2.28. The van der Waals surface area contributed by atoms with Crippen LogP contribution in [0.4, 0.5) is 5.13 Å². The lowest BCUT2D eigenvalue weighted by Gasteiger charge is -2.26. The third-order valence-corrected chi connectivity index (χ3v) is 4.06. The molecule has 4 heteroatoms. The van der Waals surface area contributed by atoms with Crippen LogP contribution >= 0.6 is 11.3 Å². The van der Waals surface area contributed by atoms with Gasteiger partial charge in [-0.1, -0.05) is 34.6 Å². The van der Waals surface area contributed by atoms with Gasteiger partial charge in [0, 0.05) is 25.0 Å². The normalized spacial score (nSPS) is 11.9. The molecule has 0 unspecified atom stereocenters. The van der Waals surface area contributed by atoms with E-state index in [0.717, 1.165) is 31.2 Å². The van der Waals surface area contributed by atoms with Gasteiger partial charge in [0.1, 0.15) is 0 Å². The van der Waals surface area contributed by atoms with Crippen molar-refractivity contribution < 1.29 is 0 Å². The van der Waals surface area contributed by atoms with E-state index in [-0.39, 0.29) is 0 Å². The number of aryl methyl sites for hydroxylation is 1. The topological polar surface area (TPSA) is 28.2 Å². The molecule has 0 aliphatic heterocycles. The Kier molecular flexibility index (Phi) is 6.27. The van der Waals surface area contributed by atoms with Crippen LogP contribution in [0.5, 0.6) is 0 Å². The second kappa shape index (κ2) is 7.25. The van der Waals surface area contributed by atoms with E-state index in [9.17, 15) is 0 Å². The highest BCUT2D eigenvalue weighted by Crippen LogP contribution is 2.28. The maximum atomic E-state index is 4.80. The zero-order valence-electron chi connectivity index (χ0n) is 13.3. The number of nitrogens with one attached hydrogen (secondary N) is 1. The second-order valence-corrected chi connectivity index (χ2v) is 7.38. The molecule has 0 bridgehead atoms. The highest BCUT2D eigenvalue weighted by atomic mass is 32.1. The van der Waals surface area contributed by atoms with Crippen LogP contribution in [0.15, 0.2) is 0 Å². The van der Waals surface area contributed by atoms with Gasteiger partial charge < -0.3 is 10.2 Å². The molecule has 110 valence electrons. The van der Waals surface area contributed by atoms with Crippen LogP contribution in [0, 0.1) is 5.41 Å². The lowest BCUT2D eigenvalue weighted by atomic mass is 9.96. The van der Waals surface area contributed by atoms with Crippen molar-refractivity contribution in [2.24, 2.45) is 5.41 Å². The van der Waals surface area contributed by atoms with Crippen molar-refractivity contribution in [2.45, 2.75) is 54.0 Å².